The number of benzene rings is 1. The van der Waals surface area contributed by atoms with Gasteiger partial charge >= 0.3 is 0 Å². The van der Waals surface area contributed by atoms with Crippen LogP contribution < -0.4 is 5.32 Å². The first kappa shape index (κ1) is 22.5. The van der Waals surface area contributed by atoms with Crippen LogP contribution in [0.5, 0.6) is 0 Å². The number of amides is 1. The quantitative estimate of drug-likeness (QED) is 0.533. The summed E-state index contributed by atoms with van der Waals surface area (Å²) in [7, 11) is 0. The van der Waals surface area contributed by atoms with E-state index in [1.807, 2.05) is 6.20 Å². The van der Waals surface area contributed by atoms with Crippen LogP contribution in [0.25, 0.3) is 16.1 Å². The van der Waals surface area contributed by atoms with Gasteiger partial charge in [0.05, 0.1) is 36.0 Å². The third-order valence-electron chi connectivity index (χ3n) is 6.68. The molecule has 1 saturated carbocycles. The Morgan fingerprint density at radius 3 is 2.80 bits per heavy atom. The van der Waals surface area contributed by atoms with Crippen LogP contribution >= 0.6 is 0 Å². The maximum atomic E-state index is 12.6. The lowest BCUT2D eigenvalue weighted by Gasteiger charge is -2.40. The van der Waals surface area contributed by atoms with Crippen molar-refractivity contribution in [3.8, 4) is 17.3 Å². The molecule has 3 heterocycles. The van der Waals surface area contributed by atoms with Gasteiger partial charge in [-0.2, -0.15) is 10.4 Å². The fourth-order valence-electron chi connectivity index (χ4n) is 4.70. The van der Waals surface area contributed by atoms with Crippen LogP contribution in [0.4, 0.5) is 11.6 Å². The van der Waals surface area contributed by atoms with Gasteiger partial charge in [0.1, 0.15) is 0 Å². The van der Waals surface area contributed by atoms with Crippen molar-refractivity contribution in [2.75, 3.05) is 18.4 Å². The van der Waals surface area contributed by atoms with Crippen LogP contribution in [0.1, 0.15) is 36.0 Å². The average Bonchev–Trinajstić information content (AvgIpc) is 3.51. The Labute approximate surface area is 202 Å². The molecule has 2 aliphatic rings. The van der Waals surface area contributed by atoms with Crippen molar-refractivity contribution in [1.29, 1.82) is 5.26 Å². The fraction of sp³-hybridized carbons (Fsp3) is 0.360. The largest absolute Gasteiger partial charge is 0.391 e. The average molecular weight is 469 g/mol. The second kappa shape index (κ2) is 9.16. The molecular formula is C25H24N8O2. The third kappa shape index (κ3) is 4.44. The van der Waals surface area contributed by atoms with Gasteiger partial charge in [-0.1, -0.05) is 0 Å². The topological polar surface area (TPSA) is 124 Å². The van der Waals surface area contributed by atoms with Crippen molar-refractivity contribution in [3.63, 3.8) is 0 Å². The summed E-state index contributed by atoms with van der Waals surface area (Å²) in [6, 6.07) is 11.0. The lowest BCUT2D eigenvalue weighted by atomic mass is 9.71. The molecule has 2 N–H and O–H groups in total. The van der Waals surface area contributed by atoms with Gasteiger partial charge in [0.25, 0.3) is 5.91 Å². The number of nitrogens with zero attached hydrogens (tertiary/aromatic N) is 7. The van der Waals surface area contributed by atoms with E-state index in [2.05, 4.69) is 31.3 Å². The van der Waals surface area contributed by atoms with E-state index >= 15 is 0 Å². The van der Waals surface area contributed by atoms with Crippen LogP contribution in [0.15, 0.2) is 48.9 Å². The van der Waals surface area contributed by atoms with Gasteiger partial charge in [0, 0.05) is 55.1 Å². The molecule has 1 saturated heterocycles. The Kier molecular flexibility index (Phi) is 5.89. The predicted octanol–water partition coefficient (Wildman–Crippen LogP) is 2.98. The number of aliphatic hydroxyl groups excluding tert-OH is 1. The number of aromatic nitrogens is 4. The number of aliphatic hydroxyl groups is 1. The number of β-amino-alcohol motifs (C(OH)–C–C–N with tert-alkyl or cyclic N) is 1. The van der Waals surface area contributed by atoms with Crippen LogP contribution in [0.2, 0.25) is 0 Å². The Bertz CT molecular complexity index is 1310. The van der Waals surface area contributed by atoms with E-state index in [4.69, 9.17) is 6.57 Å². The van der Waals surface area contributed by atoms with E-state index in [0.717, 1.165) is 11.3 Å². The van der Waals surface area contributed by atoms with Gasteiger partial charge in [0.15, 0.2) is 0 Å². The summed E-state index contributed by atoms with van der Waals surface area (Å²) in [4.78, 5) is 26.7. The molecule has 0 unspecified atom stereocenters. The minimum absolute atomic E-state index is 0.0607. The molecule has 1 aliphatic heterocycles. The number of hydrogen-bond acceptors (Lipinski definition) is 7. The highest BCUT2D eigenvalue weighted by Crippen LogP contribution is 2.44. The first-order valence-corrected chi connectivity index (χ1v) is 11.5. The summed E-state index contributed by atoms with van der Waals surface area (Å²) in [6.45, 7) is 8.16. The number of hydrogen-bond donors (Lipinski definition) is 2. The minimum atomic E-state index is -0.447. The summed E-state index contributed by atoms with van der Waals surface area (Å²) >= 11 is 0. The minimum Gasteiger partial charge on any atom is -0.391 e. The Hall–Kier alpha value is -4.28. The number of likely N-dealkylation sites (tertiary alicyclic amines) is 1. The Morgan fingerprint density at radius 2 is 2.11 bits per heavy atom. The van der Waals surface area contributed by atoms with Crippen LogP contribution in [0.3, 0.4) is 0 Å². The lowest BCUT2D eigenvalue weighted by molar-refractivity contribution is 0.0765. The number of carbonyl (C=O) groups is 1. The van der Waals surface area contributed by atoms with Crippen LogP contribution in [-0.4, -0.2) is 60.9 Å². The molecule has 35 heavy (non-hydrogen) atoms. The molecule has 5 rings (SSSR count). The molecule has 10 nitrogen and oxygen atoms in total. The van der Waals surface area contributed by atoms with Gasteiger partial charge in [-0.25, -0.2) is 16.5 Å². The number of anilines is 2. The summed E-state index contributed by atoms with van der Waals surface area (Å²) in [6.07, 6.45) is 6.97. The first-order valence-electron chi connectivity index (χ1n) is 11.5. The van der Waals surface area contributed by atoms with Gasteiger partial charge in [0.2, 0.25) is 12.0 Å². The van der Waals surface area contributed by atoms with Gasteiger partial charge < -0.3 is 20.2 Å². The zero-order valence-electron chi connectivity index (χ0n) is 19.0. The van der Waals surface area contributed by atoms with Crippen LogP contribution in [-0.2, 0) is 5.54 Å². The lowest BCUT2D eigenvalue weighted by Crippen LogP contribution is -2.48. The van der Waals surface area contributed by atoms with Crippen molar-refractivity contribution in [2.24, 2.45) is 0 Å². The molecule has 1 aromatic carbocycles. The molecule has 1 amide bonds. The summed E-state index contributed by atoms with van der Waals surface area (Å²) in [5.41, 5.74) is 2.36. The molecule has 0 bridgehead atoms. The standard InChI is InChI=1S/C25H24N8O2/c1-27-20-12-25(13-20,8-9-26)33-15-18(14-29-33)22-6-10-28-24(31-22)30-19-4-2-17(3-5-19)23(35)32-11-7-21(34)16-32/h2-6,10,14-15,20-21,34H,7-8,11-13,16H2,(H,28,30,31)/t20?,21-,25?/m1/s1. The normalized spacial score (nSPS) is 23.2. The van der Waals surface area contributed by atoms with Gasteiger partial charge in [-0.05, 0) is 36.8 Å². The van der Waals surface area contributed by atoms with Crippen molar-refractivity contribution in [1.82, 2.24) is 24.6 Å². The maximum Gasteiger partial charge on any atom is 0.253 e. The third-order valence-corrected chi connectivity index (χ3v) is 6.68. The zero-order chi connectivity index (χ0) is 24.4. The maximum absolute atomic E-state index is 12.6. The van der Waals surface area contributed by atoms with E-state index in [1.165, 1.54) is 0 Å². The Balaban J connectivity index is 1.28. The SMILES string of the molecule is [C-]#[N+]C1CC(CC#N)(n2cc(-c3ccnc(Nc4ccc(C(=O)N5CC[C@@H](O)C5)cc4)n3)cn2)C1. The number of carbonyl (C=O) groups excluding carboxylic acids is 1. The zero-order valence-corrected chi connectivity index (χ0v) is 19.0. The number of nitrogens with one attached hydrogen (secondary N) is 1. The molecule has 2 fully saturated rings. The van der Waals surface area contributed by atoms with Crippen LogP contribution in [0, 0.1) is 17.9 Å². The molecule has 2 aromatic heterocycles. The van der Waals surface area contributed by atoms with Crippen molar-refractivity contribution >= 4 is 17.5 Å². The summed E-state index contributed by atoms with van der Waals surface area (Å²) in [5, 5.41) is 26.6. The monoisotopic (exact) mass is 468 g/mol. The molecule has 3 aromatic rings. The predicted molar refractivity (Wildman–Crippen MR) is 127 cm³/mol. The number of rotatable bonds is 6. The molecule has 0 radical (unpaired) electrons. The van der Waals surface area contributed by atoms with E-state index in [-0.39, 0.29) is 11.9 Å². The van der Waals surface area contributed by atoms with E-state index < -0.39 is 11.6 Å². The summed E-state index contributed by atoms with van der Waals surface area (Å²) in [5.74, 6) is 0.312. The summed E-state index contributed by atoms with van der Waals surface area (Å²) < 4.78 is 1.80. The number of nitriles is 1. The van der Waals surface area contributed by atoms with Crippen molar-refractivity contribution < 1.29 is 9.90 Å². The smallest absolute Gasteiger partial charge is 0.253 e. The molecule has 176 valence electrons. The van der Waals surface area contributed by atoms with Crippen molar-refractivity contribution in [3.05, 3.63) is 65.9 Å². The van der Waals surface area contributed by atoms with Crippen molar-refractivity contribution in [2.45, 2.75) is 43.4 Å². The second-order valence-corrected chi connectivity index (χ2v) is 9.09. The first-order chi connectivity index (χ1) is 17.0. The molecule has 1 aliphatic carbocycles. The van der Waals surface area contributed by atoms with E-state index in [0.29, 0.717) is 56.0 Å². The Morgan fingerprint density at radius 1 is 1.31 bits per heavy atom. The molecule has 10 heteroatoms. The highest BCUT2D eigenvalue weighted by molar-refractivity contribution is 5.94. The molecule has 1 atom stereocenters. The highest BCUT2D eigenvalue weighted by Gasteiger charge is 2.50. The molecular weight excluding hydrogens is 444 g/mol. The highest BCUT2D eigenvalue weighted by atomic mass is 16.3. The van der Waals surface area contributed by atoms with E-state index in [1.54, 1.807) is 52.3 Å². The fourth-order valence-corrected chi connectivity index (χ4v) is 4.70. The van der Waals surface area contributed by atoms with E-state index in [9.17, 15) is 15.2 Å². The second-order valence-electron chi connectivity index (χ2n) is 9.09. The van der Waals surface area contributed by atoms with Gasteiger partial charge in [-0.15, -0.1) is 0 Å². The molecule has 0 spiro atoms. The van der Waals surface area contributed by atoms with Gasteiger partial charge in [-0.3, -0.25) is 9.48 Å².